The molecule has 2 heterocycles. The van der Waals surface area contributed by atoms with Crippen molar-refractivity contribution in [2.24, 2.45) is 13.0 Å². The molecule has 1 aliphatic heterocycles. The predicted molar refractivity (Wildman–Crippen MR) is 97.7 cm³/mol. The Morgan fingerprint density at radius 3 is 2.52 bits per heavy atom. The molecule has 0 amide bonds. The Bertz CT molecular complexity index is 597. The molecule has 1 aromatic rings. The lowest BCUT2D eigenvalue weighted by Crippen LogP contribution is -2.37. The average Bonchev–Trinajstić information content (AvgIpc) is 2.92. The first-order valence-electron chi connectivity index (χ1n) is 9.36. The number of carbonyl (C=O) groups excluding carboxylic acids is 2. The van der Waals surface area contributed by atoms with E-state index in [1.165, 1.54) is 0 Å². The smallest absolute Gasteiger partial charge is 0.183 e. The number of rotatable bonds is 9. The number of aliphatic hydroxyl groups excluding tert-OH is 1. The summed E-state index contributed by atoms with van der Waals surface area (Å²) in [4.78, 5) is 29.4. The van der Waals surface area contributed by atoms with Gasteiger partial charge in [-0.2, -0.15) is 0 Å². The summed E-state index contributed by atoms with van der Waals surface area (Å²) < 4.78 is 1.74. The molecule has 0 aromatic carbocycles. The summed E-state index contributed by atoms with van der Waals surface area (Å²) in [6.07, 6.45) is 9.36. The zero-order chi connectivity index (χ0) is 18.4. The van der Waals surface area contributed by atoms with Gasteiger partial charge in [0, 0.05) is 32.9 Å². The number of unbranched alkanes of at least 4 members (excludes halogenated alkanes) is 5. The van der Waals surface area contributed by atoms with Crippen LogP contribution >= 0.6 is 0 Å². The Kier molecular flexibility index (Phi) is 7.17. The minimum absolute atomic E-state index is 0.0515. The van der Waals surface area contributed by atoms with Gasteiger partial charge in [0.15, 0.2) is 11.6 Å². The van der Waals surface area contributed by atoms with E-state index in [-0.39, 0.29) is 17.5 Å². The van der Waals surface area contributed by atoms with E-state index in [2.05, 4.69) is 4.98 Å². The third-order valence-electron chi connectivity index (χ3n) is 5.14. The van der Waals surface area contributed by atoms with Crippen LogP contribution in [0.1, 0.15) is 75.2 Å². The van der Waals surface area contributed by atoms with Crippen molar-refractivity contribution < 1.29 is 14.7 Å². The van der Waals surface area contributed by atoms with Gasteiger partial charge in [-0.25, -0.2) is 4.98 Å². The first kappa shape index (κ1) is 19.6. The van der Waals surface area contributed by atoms with Gasteiger partial charge in [-0.15, -0.1) is 0 Å². The zero-order valence-corrected chi connectivity index (χ0v) is 15.7. The Labute approximate surface area is 150 Å². The minimum Gasteiger partial charge on any atom is -0.373 e. The minimum atomic E-state index is -0.671. The molecule has 0 saturated carbocycles. The molecular weight excluding hydrogens is 318 g/mol. The van der Waals surface area contributed by atoms with Crippen molar-refractivity contribution in [1.29, 1.82) is 0 Å². The fourth-order valence-electron chi connectivity index (χ4n) is 3.62. The normalized spacial score (nSPS) is 20.5. The summed E-state index contributed by atoms with van der Waals surface area (Å²) in [5.41, 5.74) is 0.592. The molecule has 6 heteroatoms. The first-order valence-corrected chi connectivity index (χ1v) is 9.36. The monoisotopic (exact) mass is 349 g/mol. The fraction of sp³-hybridized carbons (Fsp3) is 0.737. The van der Waals surface area contributed by atoms with E-state index in [9.17, 15) is 14.7 Å². The number of fused-ring (bicyclic) bond motifs is 1. The van der Waals surface area contributed by atoms with Crippen LogP contribution in [0.15, 0.2) is 6.33 Å². The number of anilines is 1. The van der Waals surface area contributed by atoms with Crippen LogP contribution in [0, 0.1) is 5.92 Å². The number of hydrogen-bond acceptors (Lipinski definition) is 5. The number of aliphatic hydroxyl groups is 1. The van der Waals surface area contributed by atoms with E-state index in [0.29, 0.717) is 24.4 Å². The highest BCUT2D eigenvalue weighted by atomic mass is 16.3. The number of carbonyl (C=O) groups is 2. The van der Waals surface area contributed by atoms with Crippen LogP contribution in [0.2, 0.25) is 0 Å². The van der Waals surface area contributed by atoms with Crippen molar-refractivity contribution in [3.8, 4) is 0 Å². The van der Waals surface area contributed by atoms with Crippen LogP contribution in [0.5, 0.6) is 0 Å². The quantitative estimate of drug-likeness (QED) is 0.693. The first-order chi connectivity index (χ1) is 11.9. The Hall–Kier alpha value is -1.69. The fourth-order valence-corrected chi connectivity index (χ4v) is 3.62. The summed E-state index contributed by atoms with van der Waals surface area (Å²) in [5, 5.41) is 10.6. The molecule has 6 nitrogen and oxygen atoms in total. The Morgan fingerprint density at radius 1 is 1.20 bits per heavy atom. The summed E-state index contributed by atoms with van der Waals surface area (Å²) in [6, 6.07) is 0. The second-order valence-corrected chi connectivity index (χ2v) is 7.30. The lowest BCUT2D eigenvalue weighted by atomic mass is 9.93. The van der Waals surface area contributed by atoms with E-state index in [1.54, 1.807) is 29.8 Å². The largest absolute Gasteiger partial charge is 0.373 e. The number of imidazole rings is 1. The highest BCUT2D eigenvalue weighted by molar-refractivity contribution is 5.99. The maximum absolute atomic E-state index is 12.5. The molecular formula is C19H31N3O3. The number of nitrogens with zero attached hydrogens (tertiary/aromatic N) is 3. The van der Waals surface area contributed by atoms with E-state index in [0.717, 1.165) is 44.9 Å². The lowest BCUT2D eigenvalue weighted by molar-refractivity contribution is -0.117. The third-order valence-corrected chi connectivity index (χ3v) is 5.14. The van der Waals surface area contributed by atoms with Crippen molar-refractivity contribution in [2.45, 2.75) is 70.9 Å². The van der Waals surface area contributed by atoms with Gasteiger partial charge in [0.25, 0.3) is 0 Å². The van der Waals surface area contributed by atoms with Gasteiger partial charge in [0.1, 0.15) is 17.7 Å². The maximum Gasteiger partial charge on any atom is 0.183 e. The van der Waals surface area contributed by atoms with Crippen molar-refractivity contribution in [1.82, 2.24) is 9.55 Å². The van der Waals surface area contributed by atoms with Gasteiger partial charge in [-0.05, 0) is 19.8 Å². The highest BCUT2D eigenvalue weighted by Gasteiger charge is 2.34. The Morgan fingerprint density at radius 2 is 1.84 bits per heavy atom. The van der Waals surface area contributed by atoms with E-state index in [1.807, 2.05) is 7.05 Å². The van der Waals surface area contributed by atoms with Crippen LogP contribution < -0.4 is 4.90 Å². The average molecular weight is 349 g/mol. The van der Waals surface area contributed by atoms with Crippen molar-refractivity contribution in [3.05, 3.63) is 12.0 Å². The van der Waals surface area contributed by atoms with Gasteiger partial charge < -0.3 is 19.4 Å². The topological polar surface area (TPSA) is 75.4 Å². The van der Waals surface area contributed by atoms with Crippen LogP contribution in [-0.2, 0) is 11.8 Å². The van der Waals surface area contributed by atoms with Crippen LogP contribution in [0.4, 0.5) is 5.82 Å². The van der Waals surface area contributed by atoms with Gasteiger partial charge in [-0.3, -0.25) is 4.79 Å². The molecule has 2 rings (SSSR count). The summed E-state index contributed by atoms with van der Waals surface area (Å²) in [5.74, 6) is 0.858. The summed E-state index contributed by atoms with van der Waals surface area (Å²) in [7, 11) is 3.62. The van der Waals surface area contributed by atoms with Crippen molar-refractivity contribution in [3.63, 3.8) is 0 Å². The molecule has 0 radical (unpaired) electrons. The van der Waals surface area contributed by atoms with Crippen LogP contribution in [-0.4, -0.2) is 39.5 Å². The number of Topliss-reactive ketones (excluding diaryl/α,β-unsaturated/α-hetero) is 2. The molecule has 0 spiro atoms. The molecule has 2 atom stereocenters. The maximum atomic E-state index is 12.5. The second-order valence-electron chi connectivity index (χ2n) is 7.30. The van der Waals surface area contributed by atoms with Gasteiger partial charge in [0.05, 0.1) is 6.33 Å². The van der Waals surface area contributed by atoms with Crippen molar-refractivity contribution >= 4 is 17.4 Å². The number of hydrogen-bond donors (Lipinski definition) is 1. The third kappa shape index (κ3) is 5.14. The molecule has 0 bridgehead atoms. The number of ketones is 2. The summed E-state index contributed by atoms with van der Waals surface area (Å²) >= 11 is 0. The molecule has 0 saturated heterocycles. The van der Waals surface area contributed by atoms with E-state index in [4.69, 9.17) is 0 Å². The van der Waals surface area contributed by atoms with Crippen molar-refractivity contribution in [2.75, 3.05) is 11.9 Å². The molecule has 1 N–H and O–H groups in total. The highest BCUT2D eigenvalue weighted by Crippen LogP contribution is 2.31. The second kappa shape index (κ2) is 9.13. The van der Waals surface area contributed by atoms with Crippen LogP contribution in [0.25, 0.3) is 0 Å². The summed E-state index contributed by atoms with van der Waals surface area (Å²) in [6.45, 7) is 1.64. The van der Waals surface area contributed by atoms with Crippen LogP contribution in [0.3, 0.4) is 0 Å². The predicted octanol–water partition coefficient (Wildman–Crippen LogP) is 3.09. The molecule has 0 aliphatic carbocycles. The molecule has 1 aliphatic rings. The number of aryl methyl sites for hydroxylation is 1. The van der Waals surface area contributed by atoms with E-state index < -0.39 is 6.23 Å². The zero-order valence-electron chi connectivity index (χ0n) is 15.7. The molecule has 1 unspecified atom stereocenters. The van der Waals surface area contributed by atoms with Gasteiger partial charge in [-0.1, -0.05) is 32.1 Å². The number of aromatic nitrogens is 2. The molecule has 0 fully saturated rings. The lowest BCUT2D eigenvalue weighted by Gasteiger charge is -2.28. The van der Waals surface area contributed by atoms with Gasteiger partial charge in [0.2, 0.25) is 0 Å². The SMILES string of the molecule is CC(=O)CCCCCCCC[C@@H]1CC(=O)c2c(ncn2C)N(C)C1O. The molecule has 25 heavy (non-hydrogen) atoms. The molecule has 1 aromatic heterocycles. The standard InChI is InChI=1S/C19H31N3O3/c1-14(23)10-8-6-4-5-7-9-11-15-12-16(24)17-18(20-13-21(17)2)22(3)19(15)25/h13,15,19,25H,4-12H2,1-3H3/t15-,19?/m1/s1. The Balaban J connectivity index is 1.76. The molecule has 140 valence electrons. The van der Waals surface area contributed by atoms with Gasteiger partial charge >= 0.3 is 0 Å². The van der Waals surface area contributed by atoms with E-state index >= 15 is 0 Å².